The standard InChI is InChI=1S/C75H138O17P2/c1-3-5-7-9-11-13-15-17-18-24-30-36-42-48-54-60-75(80)92-73(67-85-63-57-51-45-39-33-27-21-19-25-31-37-43-49-55-61-76)70-91-94(83,84)89-66-71(78)65-88-93(81,82)90-69-72(86-64-58-52-46-40-34-28-22-20-26-32-38-44-50-56-62-77)68-87-74(79)59-53-47-41-35-29-23-16-14-12-10-8-6-4-2/h11,13,17-22,61-62,71-73,78H,3-10,12,14-16,23-60,63-70H2,1-2H3,(H,81,82)(H,83,84)/b13-11-,18-17-,21-19-,22-20-/t71-,72+,73+/m0/s1. The van der Waals surface area contributed by atoms with Crippen LogP contribution >= 0.6 is 15.6 Å². The van der Waals surface area contributed by atoms with Gasteiger partial charge >= 0.3 is 27.6 Å². The van der Waals surface area contributed by atoms with E-state index in [2.05, 4.69) is 62.5 Å². The van der Waals surface area contributed by atoms with Crippen LogP contribution in [0.4, 0.5) is 0 Å². The fourth-order valence-electron chi connectivity index (χ4n) is 10.5. The quantitative estimate of drug-likeness (QED) is 0.0169. The largest absolute Gasteiger partial charge is 0.472 e. The lowest BCUT2D eigenvalue weighted by atomic mass is 10.0. The van der Waals surface area contributed by atoms with E-state index in [4.69, 9.17) is 37.0 Å². The minimum atomic E-state index is -4.85. The van der Waals surface area contributed by atoms with Crippen LogP contribution in [0.1, 0.15) is 335 Å². The summed E-state index contributed by atoms with van der Waals surface area (Å²) in [6.07, 6.45) is 67.8. The molecular formula is C75H138O17P2. The monoisotopic (exact) mass is 1370 g/mol. The zero-order valence-corrected chi connectivity index (χ0v) is 61.3. The average molecular weight is 1370 g/mol. The van der Waals surface area contributed by atoms with Crippen LogP contribution in [0.2, 0.25) is 0 Å². The molecule has 0 aromatic rings. The summed E-state index contributed by atoms with van der Waals surface area (Å²) in [6, 6.07) is 0. The SMILES string of the molecule is CCCCC/C=C\C/C=C\CCCCCCCC(=O)O[C@H](COCCCCCCC/C=C\CCCCCCC=O)COP(=O)(O)OC[C@@H](O)COP(=O)(O)OC[C@@H](COC(=O)CCCCCCCCCCCCCCC)OCCCCCCC/C=C\CCCCCCC=O. The van der Waals surface area contributed by atoms with Crippen molar-refractivity contribution in [2.75, 3.05) is 52.9 Å². The van der Waals surface area contributed by atoms with Gasteiger partial charge < -0.3 is 43.4 Å². The summed E-state index contributed by atoms with van der Waals surface area (Å²) < 4.78 is 69.8. The number of carbonyl (C=O) groups excluding carboxylic acids is 4. The first-order chi connectivity index (χ1) is 45.9. The third-order valence-corrected chi connectivity index (χ3v) is 18.2. The van der Waals surface area contributed by atoms with Crippen molar-refractivity contribution in [3.8, 4) is 0 Å². The van der Waals surface area contributed by atoms with E-state index < -0.39 is 66.4 Å². The van der Waals surface area contributed by atoms with E-state index in [0.29, 0.717) is 38.9 Å². The molecule has 2 unspecified atom stereocenters. The van der Waals surface area contributed by atoms with Crippen molar-refractivity contribution in [2.24, 2.45) is 0 Å². The molecule has 0 saturated carbocycles. The highest BCUT2D eigenvalue weighted by molar-refractivity contribution is 7.47. The van der Waals surface area contributed by atoms with Gasteiger partial charge in [-0.1, -0.05) is 236 Å². The van der Waals surface area contributed by atoms with Crippen LogP contribution in [0, 0.1) is 0 Å². The molecule has 0 aliphatic rings. The fraction of sp³-hybridized carbons (Fsp3) is 0.840. The number of rotatable bonds is 76. The molecule has 5 atom stereocenters. The Kier molecular flexibility index (Phi) is 69.6. The molecular weight excluding hydrogens is 1230 g/mol. The normalized spacial score (nSPS) is 14.3. The highest BCUT2D eigenvalue weighted by atomic mass is 31.2. The molecule has 19 heteroatoms. The Labute approximate surface area is 572 Å². The van der Waals surface area contributed by atoms with Crippen molar-refractivity contribution in [1.29, 1.82) is 0 Å². The third-order valence-electron chi connectivity index (χ3n) is 16.3. The van der Waals surface area contributed by atoms with Crippen LogP contribution in [0.25, 0.3) is 0 Å². The van der Waals surface area contributed by atoms with Gasteiger partial charge in [-0.3, -0.25) is 27.7 Å². The van der Waals surface area contributed by atoms with Gasteiger partial charge in [0.25, 0.3) is 0 Å². The second-order valence-corrected chi connectivity index (χ2v) is 28.4. The molecule has 0 bridgehead atoms. The molecule has 0 aromatic heterocycles. The summed E-state index contributed by atoms with van der Waals surface area (Å²) >= 11 is 0. The second-order valence-electron chi connectivity index (χ2n) is 25.5. The van der Waals surface area contributed by atoms with E-state index in [-0.39, 0.29) is 32.0 Å². The first-order valence-electron chi connectivity index (χ1n) is 37.8. The number of esters is 2. The summed E-state index contributed by atoms with van der Waals surface area (Å²) in [5.41, 5.74) is 0. The summed E-state index contributed by atoms with van der Waals surface area (Å²) in [6.45, 7) is 2.30. The summed E-state index contributed by atoms with van der Waals surface area (Å²) in [7, 11) is -9.67. The van der Waals surface area contributed by atoms with Gasteiger partial charge in [-0.25, -0.2) is 9.13 Å². The molecule has 0 heterocycles. The lowest BCUT2D eigenvalue weighted by molar-refractivity contribution is -0.154. The van der Waals surface area contributed by atoms with Crippen molar-refractivity contribution in [3.05, 3.63) is 48.6 Å². The van der Waals surface area contributed by atoms with Gasteiger partial charge in [0.15, 0.2) is 0 Å². The van der Waals surface area contributed by atoms with Gasteiger partial charge in [0, 0.05) is 38.9 Å². The van der Waals surface area contributed by atoms with Crippen molar-refractivity contribution in [3.63, 3.8) is 0 Å². The summed E-state index contributed by atoms with van der Waals surface area (Å²) in [5, 5.41) is 10.6. The molecule has 0 aliphatic carbocycles. The number of allylic oxidation sites excluding steroid dienone is 8. The molecule has 0 amide bonds. The number of aliphatic hydroxyl groups excluding tert-OH is 1. The smallest absolute Gasteiger partial charge is 0.463 e. The molecule has 0 spiro atoms. The molecule has 0 aromatic carbocycles. The topological polar surface area (TPSA) is 237 Å². The van der Waals surface area contributed by atoms with E-state index in [1.807, 2.05) is 0 Å². The van der Waals surface area contributed by atoms with Crippen molar-refractivity contribution in [2.45, 2.75) is 353 Å². The molecule has 3 N–H and O–H groups in total. The number of phosphoric ester groups is 2. The maximum atomic E-state index is 13.1. The molecule has 0 fully saturated rings. The van der Waals surface area contributed by atoms with Gasteiger partial charge in [0.1, 0.15) is 37.5 Å². The first kappa shape index (κ1) is 91.3. The van der Waals surface area contributed by atoms with Crippen LogP contribution in [-0.2, 0) is 65.4 Å². The van der Waals surface area contributed by atoms with E-state index in [1.54, 1.807) is 0 Å². The van der Waals surface area contributed by atoms with Gasteiger partial charge in [0.05, 0.1) is 33.0 Å². The fourth-order valence-corrected chi connectivity index (χ4v) is 12.1. The van der Waals surface area contributed by atoms with Gasteiger partial charge in [-0.2, -0.15) is 0 Å². The highest BCUT2D eigenvalue weighted by Crippen LogP contribution is 2.45. The van der Waals surface area contributed by atoms with Gasteiger partial charge in [0.2, 0.25) is 0 Å². The predicted molar refractivity (Wildman–Crippen MR) is 382 cm³/mol. The van der Waals surface area contributed by atoms with Crippen LogP contribution in [0.3, 0.4) is 0 Å². The van der Waals surface area contributed by atoms with E-state index in [0.717, 1.165) is 218 Å². The minimum absolute atomic E-state index is 0.0713. The number of phosphoric acid groups is 2. The highest BCUT2D eigenvalue weighted by Gasteiger charge is 2.29. The first-order valence-corrected chi connectivity index (χ1v) is 40.8. The van der Waals surface area contributed by atoms with E-state index in [9.17, 15) is 43.2 Å². The Morgan fingerprint density at radius 3 is 1.10 bits per heavy atom. The number of ether oxygens (including phenoxy) is 4. The second kappa shape index (κ2) is 71.6. The molecule has 0 saturated heterocycles. The Morgan fingerprint density at radius 2 is 0.670 bits per heavy atom. The number of aliphatic hydroxyl groups is 1. The Morgan fingerprint density at radius 1 is 0.351 bits per heavy atom. The van der Waals surface area contributed by atoms with Gasteiger partial charge in [-0.05, 0) is 122 Å². The maximum Gasteiger partial charge on any atom is 0.472 e. The van der Waals surface area contributed by atoms with Crippen LogP contribution < -0.4 is 0 Å². The Hall–Kier alpha value is -2.66. The Balaban J connectivity index is 5.19. The molecule has 0 rings (SSSR count). The van der Waals surface area contributed by atoms with Crippen molar-refractivity contribution < 1.29 is 80.2 Å². The van der Waals surface area contributed by atoms with E-state index >= 15 is 0 Å². The maximum absolute atomic E-state index is 13.1. The van der Waals surface area contributed by atoms with Crippen LogP contribution in [0.15, 0.2) is 48.6 Å². The lowest BCUT2D eigenvalue weighted by Gasteiger charge is -2.21. The number of carbonyl (C=O) groups is 4. The molecule has 94 heavy (non-hydrogen) atoms. The van der Waals surface area contributed by atoms with Crippen LogP contribution in [0.5, 0.6) is 0 Å². The average Bonchev–Trinajstić information content (AvgIpc) is 3.62. The number of hydrogen-bond acceptors (Lipinski definition) is 15. The summed E-state index contributed by atoms with van der Waals surface area (Å²) in [4.78, 5) is 67.9. The zero-order valence-electron chi connectivity index (χ0n) is 59.5. The number of aldehydes is 2. The lowest BCUT2D eigenvalue weighted by Crippen LogP contribution is -2.29. The zero-order chi connectivity index (χ0) is 68.6. The minimum Gasteiger partial charge on any atom is -0.463 e. The van der Waals surface area contributed by atoms with Crippen molar-refractivity contribution >= 4 is 40.2 Å². The van der Waals surface area contributed by atoms with Crippen molar-refractivity contribution in [1.82, 2.24) is 0 Å². The molecule has 0 radical (unpaired) electrons. The molecule has 17 nitrogen and oxygen atoms in total. The summed E-state index contributed by atoms with van der Waals surface area (Å²) in [5.74, 6) is -0.862. The Bertz CT molecular complexity index is 1910. The van der Waals surface area contributed by atoms with Crippen LogP contribution in [-0.4, -0.2) is 111 Å². The molecule has 550 valence electrons. The number of hydrogen-bond donors (Lipinski definition) is 3. The predicted octanol–water partition coefficient (Wildman–Crippen LogP) is 20.6. The molecule has 0 aliphatic heterocycles. The number of unbranched alkanes of at least 4 members (excludes halogenated alkanes) is 40. The third kappa shape index (κ3) is 70.7. The van der Waals surface area contributed by atoms with E-state index in [1.165, 1.54) is 77.0 Å². The van der Waals surface area contributed by atoms with Gasteiger partial charge in [-0.15, -0.1) is 0 Å².